The van der Waals surface area contributed by atoms with Crippen LogP contribution in [0.1, 0.15) is 48.5 Å². The largest absolute Gasteiger partial charge is 0.490 e. The van der Waals surface area contributed by atoms with Crippen LogP contribution in [-0.2, 0) is 0 Å². The molecule has 1 atom stereocenters. The van der Waals surface area contributed by atoms with Crippen LogP contribution in [0.2, 0.25) is 0 Å². The minimum absolute atomic E-state index is 0.114. The molecule has 0 aromatic heterocycles. The summed E-state index contributed by atoms with van der Waals surface area (Å²) in [4.78, 5) is 17.3. The van der Waals surface area contributed by atoms with Crippen molar-refractivity contribution in [2.45, 2.75) is 51.7 Å². The number of nitrogens with zero attached hydrogens (tertiary/aromatic N) is 2. The molecule has 2 aliphatic rings. The van der Waals surface area contributed by atoms with Gasteiger partial charge < -0.3 is 14.5 Å². The van der Waals surface area contributed by atoms with Gasteiger partial charge in [-0.1, -0.05) is 12.1 Å². The lowest BCUT2D eigenvalue weighted by atomic mass is 10.1. The summed E-state index contributed by atoms with van der Waals surface area (Å²) >= 11 is 0. The Hall–Kier alpha value is -2.49. The number of aryl methyl sites for hydroxylation is 1. The van der Waals surface area contributed by atoms with Crippen LogP contribution in [0.25, 0.3) is 0 Å². The second-order valence-corrected chi connectivity index (χ2v) is 8.18. The quantitative estimate of drug-likeness (QED) is 0.775. The number of benzene rings is 2. The molecule has 0 N–H and O–H groups in total. The minimum atomic E-state index is 0.114. The van der Waals surface area contributed by atoms with Gasteiger partial charge in [-0.15, -0.1) is 0 Å². The number of anilines is 1. The fraction of sp³-hybridized carbons (Fsp3) is 0.458. The first kappa shape index (κ1) is 18.9. The van der Waals surface area contributed by atoms with Gasteiger partial charge in [0, 0.05) is 36.9 Å². The Kier molecular flexibility index (Phi) is 5.56. The smallest absolute Gasteiger partial charge is 0.253 e. The van der Waals surface area contributed by atoms with Gasteiger partial charge in [0.25, 0.3) is 5.91 Å². The van der Waals surface area contributed by atoms with E-state index >= 15 is 0 Å². The molecule has 0 radical (unpaired) electrons. The van der Waals surface area contributed by atoms with E-state index < -0.39 is 0 Å². The molecule has 148 valence electrons. The maximum atomic E-state index is 13.0. The normalized spacial score (nSPS) is 20.4. The van der Waals surface area contributed by atoms with Gasteiger partial charge in [-0.2, -0.15) is 0 Å². The monoisotopic (exact) mass is 378 g/mol. The van der Waals surface area contributed by atoms with Crippen molar-refractivity contribution in [2.75, 3.05) is 24.5 Å². The summed E-state index contributed by atoms with van der Waals surface area (Å²) in [6.45, 7) is 6.66. The first-order valence-corrected chi connectivity index (χ1v) is 10.5. The Morgan fingerprint density at radius 1 is 1.04 bits per heavy atom. The lowest BCUT2D eigenvalue weighted by Crippen LogP contribution is -2.53. The predicted octanol–water partition coefficient (Wildman–Crippen LogP) is 4.67. The van der Waals surface area contributed by atoms with Crippen molar-refractivity contribution in [1.29, 1.82) is 0 Å². The second kappa shape index (κ2) is 8.26. The highest BCUT2D eigenvalue weighted by molar-refractivity contribution is 5.94. The molecule has 4 heteroatoms. The van der Waals surface area contributed by atoms with E-state index in [1.54, 1.807) is 0 Å². The average molecular weight is 379 g/mol. The fourth-order valence-electron chi connectivity index (χ4n) is 4.39. The van der Waals surface area contributed by atoms with Gasteiger partial charge in [-0.3, -0.25) is 4.79 Å². The van der Waals surface area contributed by atoms with Crippen LogP contribution in [0.4, 0.5) is 5.69 Å². The third-order valence-corrected chi connectivity index (χ3v) is 5.95. The molecule has 28 heavy (non-hydrogen) atoms. The van der Waals surface area contributed by atoms with Crippen molar-refractivity contribution in [3.63, 3.8) is 0 Å². The van der Waals surface area contributed by atoms with E-state index in [4.69, 9.17) is 4.74 Å². The second-order valence-electron chi connectivity index (χ2n) is 8.18. The molecule has 1 saturated heterocycles. The third-order valence-electron chi connectivity index (χ3n) is 5.95. The van der Waals surface area contributed by atoms with Crippen LogP contribution in [0, 0.1) is 6.92 Å². The van der Waals surface area contributed by atoms with Crippen molar-refractivity contribution < 1.29 is 9.53 Å². The van der Waals surface area contributed by atoms with Gasteiger partial charge in [0.2, 0.25) is 0 Å². The number of carbonyl (C=O) groups is 1. The van der Waals surface area contributed by atoms with Gasteiger partial charge in [-0.25, -0.2) is 0 Å². The van der Waals surface area contributed by atoms with Crippen molar-refractivity contribution >= 4 is 11.6 Å². The Balaban J connectivity index is 1.37. The van der Waals surface area contributed by atoms with Crippen LogP contribution in [-0.4, -0.2) is 42.6 Å². The van der Waals surface area contributed by atoms with Gasteiger partial charge in [0.1, 0.15) is 5.75 Å². The molecule has 1 aliphatic carbocycles. The Morgan fingerprint density at radius 3 is 2.46 bits per heavy atom. The van der Waals surface area contributed by atoms with Crippen molar-refractivity contribution in [3.05, 3.63) is 59.7 Å². The summed E-state index contributed by atoms with van der Waals surface area (Å²) in [5.41, 5.74) is 3.26. The molecule has 4 nitrogen and oxygen atoms in total. The molecule has 0 spiro atoms. The molecule has 0 bridgehead atoms. The number of piperazine rings is 1. The summed E-state index contributed by atoms with van der Waals surface area (Å²) in [5, 5.41) is 0. The van der Waals surface area contributed by atoms with E-state index in [0.29, 0.717) is 12.1 Å². The average Bonchev–Trinajstić information content (AvgIpc) is 3.21. The molecular formula is C24H30N2O2. The highest BCUT2D eigenvalue weighted by Gasteiger charge is 2.27. The molecule has 1 amide bonds. The number of hydrogen-bond donors (Lipinski definition) is 0. The van der Waals surface area contributed by atoms with Gasteiger partial charge >= 0.3 is 0 Å². The van der Waals surface area contributed by atoms with Gasteiger partial charge in [0.15, 0.2) is 0 Å². The molecule has 4 rings (SSSR count). The molecule has 2 aromatic rings. The maximum absolute atomic E-state index is 13.0. The van der Waals surface area contributed by atoms with E-state index in [9.17, 15) is 4.79 Å². The number of amides is 1. The zero-order chi connectivity index (χ0) is 19.5. The SMILES string of the molecule is Cc1cccc(N2CCN(C(=O)c3ccc(OC4CCCC4)cc3)C[C@@H]2C)c1. The standard InChI is InChI=1S/C24H30N2O2/c1-18-6-5-7-21(16-18)26-15-14-25(17-19(26)2)24(27)20-10-12-23(13-11-20)28-22-8-3-4-9-22/h5-7,10-13,16,19,22H,3-4,8-9,14-15,17H2,1-2H3/t19-/m0/s1. The first-order valence-electron chi connectivity index (χ1n) is 10.5. The van der Waals surface area contributed by atoms with Crippen LogP contribution in [0.5, 0.6) is 5.75 Å². The highest BCUT2D eigenvalue weighted by atomic mass is 16.5. The van der Waals surface area contributed by atoms with Gasteiger partial charge in [-0.05, 0) is 81.5 Å². The summed E-state index contributed by atoms with van der Waals surface area (Å²) in [6.07, 6.45) is 5.15. The van der Waals surface area contributed by atoms with E-state index in [2.05, 4.69) is 43.0 Å². The zero-order valence-electron chi connectivity index (χ0n) is 16.9. The molecule has 0 unspecified atom stereocenters. The van der Waals surface area contributed by atoms with Crippen LogP contribution in [0.3, 0.4) is 0 Å². The highest BCUT2D eigenvalue weighted by Crippen LogP contribution is 2.25. The van der Waals surface area contributed by atoms with Gasteiger partial charge in [0.05, 0.1) is 6.10 Å². The summed E-state index contributed by atoms with van der Waals surface area (Å²) in [5.74, 6) is 0.990. The van der Waals surface area contributed by atoms with Crippen LogP contribution < -0.4 is 9.64 Å². The number of carbonyl (C=O) groups excluding carboxylic acids is 1. The van der Waals surface area contributed by atoms with Crippen LogP contribution in [0.15, 0.2) is 48.5 Å². The lowest BCUT2D eigenvalue weighted by molar-refractivity contribution is 0.0726. The predicted molar refractivity (Wildman–Crippen MR) is 113 cm³/mol. The van der Waals surface area contributed by atoms with E-state index in [1.165, 1.54) is 24.1 Å². The third kappa shape index (κ3) is 4.16. The van der Waals surface area contributed by atoms with E-state index in [0.717, 1.165) is 43.8 Å². The maximum Gasteiger partial charge on any atom is 0.253 e. The fourth-order valence-corrected chi connectivity index (χ4v) is 4.39. The van der Waals surface area contributed by atoms with Crippen LogP contribution >= 0.6 is 0 Å². The summed E-state index contributed by atoms with van der Waals surface area (Å²) in [6, 6.07) is 16.6. The Bertz CT molecular complexity index is 812. The first-order chi connectivity index (χ1) is 13.6. The molecule has 1 heterocycles. The number of ether oxygens (including phenoxy) is 1. The Labute approximate surface area is 168 Å². The lowest BCUT2D eigenvalue weighted by Gasteiger charge is -2.41. The molecule has 1 aliphatic heterocycles. The summed E-state index contributed by atoms with van der Waals surface area (Å²) in [7, 11) is 0. The molecule has 2 aromatic carbocycles. The minimum Gasteiger partial charge on any atom is -0.490 e. The topological polar surface area (TPSA) is 32.8 Å². The molecule has 2 fully saturated rings. The number of rotatable bonds is 4. The molecule has 1 saturated carbocycles. The van der Waals surface area contributed by atoms with Crippen molar-refractivity contribution in [3.8, 4) is 5.75 Å². The molecular weight excluding hydrogens is 348 g/mol. The van der Waals surface area contributed by atoms with Crippen molar-refractivity contribution in [1.82, 2.24) is 4.90 Å². The zero-order valence-corrected chi connectivity index (χ0v) is 16.9. The van der Waals surface area contributed by atoms with Crippen molar-refractivity contribution in [2.24, 2.45) is 0 Å². The van der Waals surface area contributed by atoms with E-state index in [1.807, 2.05) is 29.2 Å². The van der Waals surface area contributed by atoms with E-state index in [-0.39, 0.29) is 5.91 Å². The Morgan fingerprint density at radius 2 is 1.79 bits per heavy atom. The number of hydrogen-bond acceptors (Lipinski definition) is 3. The summed E-state index contributed by atoms with van der Waals surface area (Å²) < 4.78 is 6.01.